The Morgan fingerprint density at radius 3 is 2.77 bits per heavy atom. The third kappa shape index (κ3) is 5.86. The monoisotopic (exact) mass is 356 g/mol. The van der Waals surface area contributed by atoms with E-state index in [9.17, 15) is 9.59 Å². The fourth-order valence-electron chi connectivity index (χ4n) is 4.25. The number of piperidine rings is 1. The van der Waals surface area contributed by atoms with Gasteiger partial charge in [0.2, 0.25) is 11.8 Å². The Morgan fingerprint density at radius 1 is 1.12 bits per heavy atom. The summed E-state index contributed by atoms with van der Waals surface area (Å²) in [6.07, 6.45) is 12.3. The number of carbonyl (C=O) groups excluding carboxylic acids is 2. The summed E-state index contributed by atoms with van der Waals surface area (Å²) in [5.41, 5.74) is 1.93. The molecular formula is C22H32N2O2. The molecule has 0 aromatic heterocycles. The molecule has 2 amide bonds. The average Bonchev–Trinajstić information content (AvgIpc) is 2.65. The van der Waals surface area contributed by atoms with Gasteiger partial charge in [-0.1, -0.05) is 44.2 Å². The Morgan fingerprint density at radius 2 is 1.96 bits per heavy atom. The molecule has 1 heterocycles. The Labute approximate surface area is 157 Å². The first-order valence-electron chi connectivity index (χ1n) is 10.4. The molecule has 0 atom stereocenters. The molecule has 4 nitrogen and oxygen atoms in total. The minimum Gasteiger partial charge on any atom is -0.338 e. The van der Waals surface area contributed by atoms with Crippen molar-refractivity contribution < 1.29 is 9.59 Å². The second-order valence-corrected chi connectivity index (χ2v) is 7.92. The zero-order valence-corrected chi connectivity index (χ0v) is 15.8. The molecule has 1 saturated carbocycles. The van der Waals surface area contributed by atoms with E-state index in [1.165, 1.54) is 38.5 Å². The minimum atomic E-state index is 0.104. The summed E-state index contributed by atoms with van der Waals surface area (Å²) in [5, 5.41) is 3.03. The molecule has 1 aliphatic carbocycles. The van der Waals surface area contributed by atoms with Gasteiger partial charge < -0.3 is 10.2 Å². The lowest BCUT2D eigenvalue weighted by Gasteiger charge is -2.26. The quantitative estimate of drug-likeness (QED) is 0.756. The Kier molecular flexibility index (Phi) is 7.10. The molecule has 0 unspecified atom stereocenters. The fourth-order valence-corrected chi connectivity index (χ4v) is 4.25. The number of anilines is 1. The van der Waals surface area contributed by atoms with Crippen LogP contribution in [-0.4, -0.2) is 23.3 Å². The topological polar surface area (TPSA) is 49.4 Å². The minimum absolute atomic E-state index is 0.104. The number of hydrogen-bond donors (Lipinski definition) is 1. The lowest BCUT2D eigenvalue weighted by Crippen LogP contribution is -2.34. The van der Waals surface area contributed by atoms with E-state index in [1.807, 2.05) is 29.2 Å². The molecule has 2 fully saturated rings. The molecule has 3 rings (SSSR count). The lowest BCUT2D eigenvalue weighted by atomic mass is 9.86. The van der Waals surface area contributed by atoms with Gasteiger partial charge in [-0.2, -0.15) is 0 Å². The first kappa shape index (κ1) is 18.9. The van der Waals surface area contributed by atoms with Crippen molar-refractivity contribution in [1.82, 2.24) is 4.90 Å². The summed E-state index contributed by atoms with van der Waals surface area (Å²) < 4.78 is 0. The molecule has 1 aromatic carbocycles. The van der Waals surface area contributed by atoms with E-state index in [1.54, 1.807) is 0 Å². The zero-order valence-electron chi connectivity index (χ0n) is 15.8. The number of likely N-dealkylation sites (tertiary alicyclic amines) is 1. The van der Waals surface area contributed by atoms with Gasteiger partial charge in [0.1, 0.15) is 0 Å². The van der Waals surface area contributed by atoms with Crippen molar-refractivity contribution in [3.63, 3.8) is 0 Å². The zero-order chi connectivity index (χ0) is 18.2. The SMILES string of the molecule is O=C(CCCC1CCCCC1)Nc1cccc(CN2CCCCC2=O)c1. The van der Waals surface area contributed by atoms with E-state index in [0.717, 1.165) is 43.0 Å². The van der Waals surface area contributed by atoms with Gasteiger partial charge in [-0.25, -0.2) is 0 Å². The Balaban J connectivity index is 1.43. The van der Waals surface area contributed by atoms with E-state index < -0.39 is 0 Å². The predicted octanol–water partition coefficient (Wildman–Crippen LogP) is 4.89. The van der Waals surface area contributed by atoms with Gasteiger partial charge in [0, 0.05) is 31.6 Å². The summed E-state index contributed by atoms with van der Waals surface area (Å²) in [5.74, 6) is 1.18. The number of nitrogens with zero attached hydrogens (tertiary/aromatic N) is 1. The molecule has 1 aromatic rings. The molecule has 1 saturated heterocycles. The standard InChI is InChI=1S/C22H32N2O2/c25-21(13-7-10-18-8-2-1-3-9-18)23-20-12-6-11-19(16-20)17-24-15-5-4-14-22(24)26/h6,11-12,16,18H,1-5,7-10,13-15,17H2,(H,23,25). The van der Waals surface area contributed by atoms with Crippen LogP contribution in [-0.2, 0) is 16.1 Å². The summed E-state index contributed by atoms with van der Waals surface area (Å²) in [6.45, 7) is 1.49. The van der Waals surface area contributed by atoms with Crippen LogP contribution in [0, 0.1) is 5.92 Å². The van der Waals surface area contributed by atoms with Gasteiger partial charge in [0.05, 0.1) is 0 Å². The maximum atomic E-state index is 12.2. The lowest BCUT2D eigenvalue weighted by molar-refractivity contribution is -0.133. The van der Waals surface area contributed by atoms with E-state index in [0.29, 0.717) is 19.4 Å². The maximum absolute atomic E-state index is 12.2. The number of hydrogen-bond acceptors (Lipinski definition) is 2. The van der Waals surface area contributed by atoms with Crippen molar-refractivity contribution >= 4 is 17.5 Å². The van der Waals surface area contributed by atoms with Crippen LogP contribution in [0.4, 0.5) is 5.69 Å². The molecular weight excluding hydrogens is 324 g/mol. The second-order valence-electron chi connectivity index (χ2n) is 7.92. The van der Waals surface area contributed by atoms with E-state index in [2.05, 4.69) is 5.32 Å². The van der Waals surface area contributed by atoms with Crippen molar-refractivity contribution in [1.29, 1.82) is 0 Å². The molecule has 2 aliphatic rings. The molecule has 1 aliphatic heterocycles. The number of amides is 2. The van der Waals surface area contributed by atoms with Crippen LogP contribution >= 0.6 is 0 Å². The van der Waals surface area contributed by atoms with Crippen LogP contribution in [0.3, 0.4) is 0 Å². The van der Waals surface area contributed by atoms with Gasteiger partial charge in [-0.3, -0.25) is 9.59 Å². The molecule has 142 valence electrons. The summed E-state index contributed by atoms with van der Waals surface area (Å²) in [4.78, 5) is 26.1. The van der Waals surface area contributed by atoms with Crippen molar-refractivity contribution in [3.05, 3.63) is 29.8 Å². The van der Waals surface area contributed by atoms with Gasteiger partial charge in [0.15, 0.2) is 0 Å². The Bertz CT molecular complexity index is 608. The molecule has 0 bridgehead atoms. The number of carbonyl (C=O) groups is 2. The number of rotatable bonds is 7. The van der Waals surface area contributed by atoms with E-state index >= 15 is 0 Å². The third-order valence-electron chi connectivity index (χ3n) is 5.75. The van der Waals surface area contributed by atoms with Gasteiger partial charge >= 0.3 is 0 Å². The largest absolute Gasteiger partial charge is 0.338 e. The van der Waals surface area contributed by atoms with Crippen molar-refractivity contribution in [3.8, 4) is 0 Å². The van der Waals surface area contributed by atoms with Gasteiger partial charge in [-0.15, -0.1) is 0 Å². The summed E-state index contributed by atoms with van der Waals surface area (Å²) in [6, 6.07) is 7.92. The van der Waals surface area contributed by atoms with Gasteiger partial charge in [-0.05, 0) is 49.3 Å². The third-order valence-corrected chi connectivity index (χ3v) is 5.75. The first-order valence-corrected chi connectivity index (χ1v) is 10.4. The van der Waals surface area contributed by atoms with Crippen molar-refractivity contribution in [2.24, 2.45) is 5.92 Å². The van der Waals surface area contributed by atoms with E-state index in [-0.39, 0.29) is 11.8 Å². The van der Waals surface area contributed by atoms with Crippen LogP contribution in [0.15, 0.2) is 24.3 Å². The molecule has 0 spiro atoms. The van der Waals surface area contributed by atoms with E-state index in [4.69, 9.17) is 0 Å². The second kappa shape index (κ2) is 9.75. The highest BCUT2D eigenvalue weighted by atomic mass is 16.2. The highest BCUT2D eigenvalue weighted by Gasteiger charge is 2.18. The number of benzene rings is 1. The highest BCUT2D eigenvalue weighted by Crippen LogP contribution is 2.27. The van der Waals surface area contributed by atoms with Crippen LogP contribution in [0.2, 0.25) is 0 Å². The van der Waals surface area contributed by atoms with Crippen molar-refractivity contribution in [2.75, 3.05) is 11.9 Å². The predicted molar refractivity (Wildman–Crippen MR) is 105 cm³/mol. The van der Waals surface area contributed by atoms with Gasteiger partial charge in [0.25, 0.3) is 0 Å². The Hall–Kier alpha value is -1.84. The smallest absolute Gasteiger partial charge is 0.224 e. The van der Waals surface area contributed by atoms with Crippen LogP contribution in [0.25, 0.3) is 0 Å². The highest BCUT2D eigenvalue weighted by molar-refractivity contribution is 5.90. The molecule has 1 N–H and O–H groups in total. The molecule has 4 heteroatoms. The molecule has 0 radical (unpaired) electrons. The van der Waals surface area contributed by atoms with Crippen LogP contribution in [0.1, 0.15) is 76.2 Å². The van der Waals surface area contributed by atoms with Crippen LogP contribution in [0.5, 0.6) is 0 Å². The fraction of sp³-hybridized carbons (Fsp3) is 0.636. The number of nitrogens with one attached hydrogen (secondary N) is 1. The van der Waals surface area contributed by atoms with Crippen molar-refractivity contribution in [2.45, 2.75) is 77.2 Å². The van der Waals surface area contributed by atoms with Crippen LogP contribution < -0.4 is 5.32 Å². The summed E-state index contributed by atoms with van der Waals surface area (Å²) in [7, 11) is 0. The maximum Gasteiger partial charge on any atom is 0.224 e. The molecule has 26 heavy (non-hydrogen) atoms. The average molecular weight is 357 g/mol. The summed E-state index contributed by atoms with van der Waals surface area (Å²) >= 11 is 0. The first-order chi connectivity index (χ1) is 12.7. The normalized spacial score (nSPS) is 18.8.